The number of benzene rings is 3. The van der Waals surface area contributed by atoms with Crippen molar-refractivity contribution in [2.75, 3.05) is 14.2 Å². The van der Waals surface area contributed by atoms with Gasteiger partial charge in [0.2, 0.25) is 5.79 Å². The Morgan fingerprint density at radius 3 is 2.00 bits per heavy atom. The van der Waals surface area contributed by atoms with Gasteiger partial charge >= 0.3 is 5.97 Å². The van der Waals surface area contributed by atoms with Crippen LogP contribution in [0.2, 0.25) is 0 Å². The molecular formula is C24H18F4O5. The Morgan fingerprint density at radius 1 is 0.879 bits per heavy atom. The Bertz CT molecular complexity index is 1190. The molecule has 0 aliphatic carbocycles. The van der Waals surface area contributed by atoms with E-state index in [1.54, 1.807) is 0 Å². The third-order valence-corrected chi connectivity index (χ3v) is 5.61. The molecule has 1 saturated heterocycles. The van der Waals surface area contributed by atoms with Gasteiger partial charge in [-0.25, -0.2) is 17.6 Å². The first kappa shape index (κ1) is 22.6. The minimum absolute atomic E-state index is 0.107. The van der Waals surface area contributed by atoms with Crippen molar-refractivity contribution in [3.05, 3.63) is 94.6 Å². The summed E-state index contributed by atoms with van der Waals surface area (Å²) in [5.74, 6) is -11.6. The van der Waals surface area contributed by atoms with Gasteiger partial charge in [-0.1, -0.05) is 12.1 Å². The summed E-state index contributed by atoms with van der Waals surface area (Å²) in [4.78, 5) is 13.0. The highest BCUT2D eigenvalue weighted by molar-refractivity contribution is 5.83. The van der Waals surface area contributed by atoms with Gasteiger partial charge in [0, 0.05) is 23.8 Å². The number of cyclic esters (lactones) is 1. The van der Waals surface area contributed by atoms with E-state index in [9.17, 15) is 27.5 Å². The van der Waals surface area contributed by atoms with Crippen molar-refractivity contribution in [2.45, 2.75) is 17.6 Å². The minimum atomic E-state index is -2.66. The van der Waals surface area contributed by atoms with Crippen LogP contribution in [0.4, 0.5) is 17.6 Å². The quantitative estimate of drug-likeness (QED) is 0.446. The molecule has 4 rings (SSSR count). The molecule has 1 N–H and O–H groups in total. The smallest absolute Gasteiger partial charge is 0.317 e. The highest BCUT2D eigenvalue weighted by atomic mass is 19.1. The zero-order chi connectivity index (χ0) is 23.9. The van der Waals surface area contributed by atoms with Crippen LogP contribution in [0.5, 0.6) is 11.5 Å². The van der Waals surface area contributed by atoms with E-state index in [2.05, 4.69) is 0 Å². The van der Waals surface area contributed by atoms with E-state index in [4.69, 9.17) is 14.2 Å². The molecule has 1 aliphatic rings. The number of methoxy groups -OCH3 is 2. The van der Waals surface area contributed by atoms with E-state index in [1.165, 1.54) is 50.6 Å². The second-order valence-electron chi connectivity index (χ2n) is 7.48. The zero-order valence-electron chi connectivity index (χ0n) is 17.4. The highest BCUT2D eigenvalue weighted by Crippen LogP contribution is 2.55. The predicted molar refractivity (Wildman–Crippen MR) is 108 cm³/mol. The largest absolute Gasteiger partial charge is 0.497 e. The molecule has 0 radical (unpaired) electrons. The van der Waals surface area contributed by atoms with E-state index < -0.39 is 58.0 Å². The normalized spacial score (nSPS) is 22.2. The van der Waals surface area contributed by atoms with Gasteiger partial charge in [-0.15, -0.1) is 0 Å². The third kappa shape index (κ3) is 3.78. The van der Waals surface area contributed by atoms with Gasteiger partial charge in [0.1, 0.15) is 40.7 Å². The molecule has 3 atom stereocenters. The molecule has 1 aliphatic heterocycles. The maximum Gasteiger partial charge on any atom is 0.317 e. The lowest BCUT2D eigenvalue weighted by Gasteiger charge is -2.31. The first-order valence-electron chi connectivity index (χ1n) is 9.77. The average molecular weight is 462 g/mol. The van der Waals surface area contributed by atoms with E-state index in [-0.39, 0.29) is 17.1 Å². The van der Waals surface area contributed by atoms with Crippen LogP contribution >= 0.6 is 0 Å². The van der Waals surface area contributed by atoms with E-state index >= 15 is 0 Å². The fourth-order valence-corrected chi connectivity index (χ4v) is 4.18. The number of rotatable bonds is 5. The number of hydrogen-bond donors (Lipinski definition) is 1. The maximum absolute atomic E-state index is 14.8. The lowest BCUT2D eigenvalue weighted by atomic mass is 9.76. The number of carbonyl (C=O) groups is 1. The summed E-state index contributed by atoms with van der Waals surface area (Å²) in [5.41, 5.74) is -1.13. The number of aliphatic hydroxyl groups is 1. The van der Waals surface area contributed by atoms with Crippen LogP contribution in [0, 0.1) is 23.3 Å². The standard InChI is InChI=1S/C24H18F4O5/c1-31-14-7-12(8-15(11-14)32-2)22-21(20-18(27)9-13(25)10-19(20)28)23(29)33-24(22,30)16-5-3-4-6-17(16)26/h3-11,21-22,30H,1-2H3. The van der Waals surface area contributed by atoms with Gasteiger partial charge in [-0.2, -0.15) is 0 Å². The molecular weight excluding hydrogens is 444 g/mol. The van der Waals surface area contributed by atoms with Gasteiger partial charge in [0.25, 0.3) is 0 Å². The van der Waals surface area contributed by atoms with Crippen LogP contribution in [0.3, 0.4) is 0 Å². The average Bonchev–Trinajstić information content (AvgIpc) is 3.03. The first-order valence-corrected chi connectivity index (χ1v) is 9.77. The Kier molecular flexibility index (Phi) is 5.75. The van der Waals surface area contributed by atoms with Crippen molar-refractivity contribution in [2.24, 2.45) is 0 Å². The molecule has 3 unspecified atom stereocenters. The molecule has 1 fully saturated rings. The number of halogens is 4. The fourth-order valence-electron chi connectivity index (χ4n) is 4.18. The summed E-state index contributed by atoms with van der Waals surface area (Å²) in [6.45, 7) is 0. The first-order chi connectivity index (χ1) is 15.7. The van der Waals surface area contributed by atoms with Crippen LogP contribution in [-0.4, -0.2) is 25.3 Å². The van der Waals surface area contributed by atoms with Gasteiger partial charge in [-0.3, -0.25) is 4.79 Å². The van der Waals surface area contributed by atoms with E-state index in [0.29, 0.717) is 12.1 Å². The van der Waals surface area contributed by atoms with Gasteiger partial charge in [0.15, 0.2) is 0 Å². The topological polar surface area (TPSA) is 65.0 Å². The maximum atomic E-state index is 14.8. The summed E-state index contributed by atoms with van der Waals surface area (Å²) in [6, 6.07) is 10.1. The Labute approximate surface area is 186 Å². The van der Waals surface area contributed by atoms with Crippen molar-refractivity contribution >= 4 is 5.97 Å². The van der Waals surface area contributed by atoms with Gasteiger partial charge in [0.05, 0.1) is 25.7 Å². The molecule has 0 amide bonds. The lowest BCUT2D eigenvalue weighted by Crippen LogP contribution is -2.33. The van der Waals surface area contributed by atoms with Crippen molar-refractivity contribution in [3.8, 4) is 11.5 Å². The summed E-state index contributed by atoms with van der Waals surface area (Å²) < 4.78 is 73.5. The fraction of sp³-hybridized carbons (Fsp3) is 0.208. The predicted octanol–water partition coefficient (Wildman–Crippen LogP) is 4.53. The molecule has 9 heteroatoms. The molecule has 3 aromatic carbocycles. The second-order valence-corrected chi connectivity index (χ2v) is 7.48. The zero-order valence-corrected chi connectivity index (χ0v) is 17.4. The van der Waals surface area contributed by atoms with Crippen LogP contribution in [-0.2, 0) is 15.3 Å². The third-order valence-electron chi connectivity index (χ3n) is 5.61. The Balaban J connectivity index is 2.02. The summed E-state index contributed by atoms with van der Waals surface area (Å²) in [5, 5.41) is 11.5. The molecule has 33 heavy (non-hydrogen) atoms. The SMILES string of the molecule is COc1cc(OC)cc(C2C(c3c(F)cc(F)cc3F)C(=O)OC2(O)c2ccccc2F)c1. The summed E-state index contributed by atoms with van der Waals surface area (Å²) >= 11 is 0. The van der Waals surface area contributed by atoms with Crippen molar-refractivity contribution < 1.29 is 41.7 Å². The molecule has 0 saturated carbocycles. The molecule has 3 aromatic rings. The molecule has 1 heterocycles. The molecule has 0 bridgehead atoms. The van der Waals surface area contributed by atoms with Crippen LogP contribution in [0.25, 0.3) is 0 Å². The molecule has 0 spiro atoms. The second kappa shape index (κ2) is 8.40. The Hall–Kier alpha value is -3.59. The number of carbonyl (C=O) groups excluding carboxylic acids is 1. The van der Waals surface area contributed by atoms with E-state index in [0.717, 1.165) is 6.07 Å². The van der Waals surface area contributed by atoms with Crippen molar-refractivity contribution in [1.82, 2.24) is 0 Å². The van der Waals surface area contributed by atoms with Crippen LogP contribution in [0.1, 0.15) is 28.5 Å². The lowest BCUT2D eigenvalue weighted by molar-refractivity contribution is -0.199. The van der Waals surface area contributed by atoms with E-state index in [1.807, 2.05) is 0 Å². The number of esters is 1. The van der Waals surface area contributed by atoms with Gasteiger partial charge in [-0.05, 0) is 29.8 Å². The van der Waals surface area contributed by atoms with Crippen LogP contribution < -0.4 is 9.47 Å². The highest BCUT2D eigenvalue weighted by Gasteiger charge is 2.59. The molecule has 0 aromatic heterocycles. The Morgan fingerprint density at radius 2 is 1.45 bits per heavy atom. The summed E-state index contributed by atoms with van der Waals surface area (Å²) in [6.07, 6.45) is 0. The minimum Gasteiger partial charge on any atom is -0.497 e. The number of hydrogen-bond acceptors (Lipinski definition) is 5. The monoisotopic (exact) mass is 462 g/mol. The van der Waals surface area contributed by atoms with Crippen molar-refractivity contribution in [1.29, 1.82) is 0 Å². The van der Waals surface area contributed by atoms with Crippen molar-refractivity contribution in [3.63, 3.8) is 0 Å². The molecule has 5 nitrogen and oxygen atoms in total. The van der Waals surface area contributed by atoms with Crippen LogP contribution in [0.15, 0.2) is 54.6 Å². The number of ether oxygens (including phenoxy) is 3. The summed E-state index contributed by atoms with van der Waals surface area (Å²) in [7, 11) is 2.71. The van der Waals surface area contributed by atoms with Gasteiger partial charge < -0.3 is 19.3 Å². The molecule has 172 valence electrons.